The lowest BCUT2D eigenvalue weighted by atomic mass is 9.89. The molecule has 1 aromatic carbocycles. The molecule has 0 aromatic heterocycles. The summed E-state index contributed by atoms with van der Waals surface area (Å²) in [6.45, 7) is 1.03. The van der Waals surface area contributed by atoms with Crippen molar-refractivity contribution in [3.05, 3.63) is 34.6 Å². The molecule has 0 radical (unpaired) electrons. The SMILES string of the molecule is OC1(Cc2cc(Cl)ccc2F)CNC1. The first-order chi connectivity index (χ1) is 6.59. The molecule has 0 saturated carbocycles. The summed E-state index contributed by atoms with van der Waals surface area (Å²) in [6, 6.07) is 4.39. The van der Waals surface area contributed by atoms with Crippen molar-refractivity contribution in [2.24, 2.45) is 0 Å². The molecular weight excluding hydrogens is 205 g/mol. The van der Waals surface area contributed by atoms with E-state index in [0.29, 0.717) is 30.1 Å². The van der Waals surface area contributed by atoms with E-state index < -0.39 is 5.60 Å². The van der Waals surface area contributed by atoms with Crippen molar-refractivity contribution in [3.63, 3.8) is 0 Å². The lowest BCUT2D eigenvalue weighted by molar-refractivity contribution is -0.00967. The molecule has 0 bridgehead atoms. The number of rotatable bonds is 2. The van der Waals surface area contributed by atoms with Gasteiger partial charge in [0.15, 0.2) is 0 Å². The summed E-state index contributed by atoms with van der Waals surface area (Å²) in [7, 11) is 0. The third-order valence-electron chi connectivity index (χ3n) is 2.44. The lowest BCUT2D eigenvalue weighted by Crippen LogP contribution is -2.60. The Morgan fingerprint density at radius 2 is 2.21 bits per heavy atom. The van der Waals surface area contributed by atoms with Crippen molar-refractivity contribution in [1.29, 1.82) is 0 Å². The molecule has 76 valence electrons. The summed E-state index contributed by atoms with van der Waals surface area (Å²) < 4.78 is 13.3. The van der Waals surface area contributed by atoms with Crippen molar-refractivity contribution in [1.82, 2.24) is 5.32 Å². The molecule has 2 N–H and O–H groups in total. The fourth-order valence-electron chi connectivity index (χ4n) is 1.57. The van der Waals surface area contributed by atoms with Crippen molar-refractivity contribution < 1.29 is 9.50 Å². The Labute approximate surface area is 86.7 Å². The van der Waals surface area contributed by atoms with Gasteiger partial charge in [0.25, 0.3) is 0 Å². The number of aliphatic hydroxyl groups is 1. The standard InChI is InChI=1S/C10H11ClFNO/c11-8-1-2-9(12)7(3-8)4-10(14)5-13-6-10/h1-3,13-14H,4-6H2. The smallest absolute Gasteiger partial charge is 0.126 e. The minimum Gasteiger partial charge on any atom is -0.387 e. The maximum absolute atomic E-state index is 13.3. The summed E-state index contributed by atoms with van der Waals surface area (Å²) in [5.41, 5.74) is -0.326. The number of benzene rings is 1. The van der Waals surface area contributed by atoms with Gasteiger partial charge < -0.3 is 10.4 Å². The summed E-state index contributed by atoms with van der Waals surface area (Å²) in [5.74, 6) is -0.310. The highest BCUT2D eigenvalue weighted by atomic mass is 35.5. The van der Waals surface area contributed by atoms with Crippen molar-refractivity contribution in [2.75, 3.05) is 13.1 Å². The fourth-order valence-corrected chi connectivity index (χ4v) is 1.77. The minimum absolute atomic E-state index is 0.310. The van der Waals surface area contributed by atoms with Crippen LogP contribution in [-0.4, -0.2) is 23.8 Å². The zero-order chi connectivity index (χ0) is 10.2. The van der Waals surface area contributed by atoms with Crippen LogP contribution in [0.5, 0.6) is 0 Å². The molecule has 1 aliphatic heterocycles. The van der Waals surface area contributed by atoms with Gasteiger partial charge in [-0.2, -0.15) is 0 Å². The van der Waals surface area contributed by atoms with Crippen molar-refractivity contribution in [3.8, 4) is 0 Å². The number of halogens is 2. The normalized spacial score (nSPS) is 19.1. The zero-order valence-electron chi connectivity index (χ0n) is 7.56. The second-order valence-electron chi connectivity index (χ2n) is 3.74. The summed E-state index contributed by atoms with van der Waals surface area (Å²) in [6.07, 6.45) is 0.312. The van der Waals surface area contributed by atoms with Gasteiger partial charge in [-0.15, -0.1) is 0 Å². The van der Waals surface area contributed by atoms with E-state index in [-0.39, 0.29) is 5.82 Å². The summed E-state index contributed by atoms with van der Waals surface area (Å²) in [4.78, 5) is 0. The van der Waals surface area contributed by atoms with Crippen molar-refractivity contribution in [2.45, 2.75) is 12.0 Å². The van der Waals surface area contributed by atoms with Crippen LogP contribution in [0.3, 0.4) is 0 Å². The van der Waals surface area contributed by atoms with Crippen LogP contribution in [0.15, 0.2) is 18.2 Å². The lowest BCUT2D eigenvalue weighted by Gasteiger charge is -2.37. The molecule has 1 saturated heterocycles. The van der Waals surface area contributed by atoms with Crippen LogP contribution in [0.2, 0.25) is 5.02 Å². The molecule has 1 aromatic rings. The second-order valence-corrected chi connectivity index (χ2v) is 4.18. The zero-order valence-corrected chi connectivity index (χ0v) is 8.31. The van der Waals surface area contributed by atoms with Gasteiger partial charge in [0, 0.05) is 24.5 Å². The molecule has 0 aliphatic carbocycles. The number of hydrogen-bond donors (Lipinski definition) is 2. The van der Waals surface area contributed by atoms with E-state index >= 15 is 0 Å². The van der Waals surface area contributed by atoms with Gasteiger partial charge in [-0.3, -0.25) is 0 Å². The van der Waals surface area contributed by atoms with Gasteiger partial charge in [-0.1, -0.05) is 11.6 Å². The molecule has 0 unspecified atom stereocenters. The monoisotopic (exact) mass is 215 g/mol. The van der Waals surface area contributed by atoms with Gasteiger partial charge in [-0.05, 0) is 23.8 Å². The van der Waals surface area contributed by atoms with Crippen LogP contribution in [0, 0.1) is 5.82 Å². The molecule has 2 nitrogen and oxygen atoms in total. The predicted octanol–water partition coefficient (Wildman–Crippen LogP) is 1.36. The van der Waals surface area contributed by atoms with Gasteiger partial charge in [0.1, 0.15) is 5.82 Å². The largest absolute Gasteiger partial charge is 0.387 e. The van der Waals surface area contributed by atoms with E-state index in [1.165, 1.54) is 12.1 Å². The summed E-state index contributed by atoms with van der Waals surface area (Å²) in [5, 5.41) is 13.3. The third-order valence-corrected chi connectivity index (χ3v) is 2.67. The number of hydrogen-bond acceptors (Lipinski definition) is 2. The highest BCUT2D eigenvalue weighted by Gasteiger charge is 2.34. The molecular formula is C10H11ClFNO. The molecule has 1 aliphatic rings. The van der Waals surface area contributed by atoms with E-state index in [0.717, 1.165) is 0 Å². The molecule has 4 heteroatoms. The van der Waals surface area contributed by atoms with Gasteiger partial charge in [0.05, 0.1) is 5.60 Å². The maximum Gasteiger partial charge on any atom is 0.126 e. The number of nitrogens with one attached hydrogen (secondary N) is 1. The predicted molar refractivity (Wildman–Crippen MR) is 52.9 cm³/mol. The van der Waals surface area contributed by atoms with E-state index in [1.54, 1.807) is 6.07 Å². The summed E-state index contributed by atoms with van der Waals surface area (Å²) >= 11 is 5.74. The topological polar surface area (TPSA) is 32.3 Å². The van der Waals surface area contributed by atoms with Crippen molar-refractivity contribution >= 4 is 11.6 Å². The maximum atomic E-state index is 13.3. The van der Waals surface area contributed by atoms with Crippen LogP contribution in [0.25, 0.3) is 0 Å². The molecule has 14 heavy (non-hydrogen) atoms. The Kier molecular flexibility index (Phi) is 2.47. The Morgan fingerprint density at radius 1 is 1.50 bits per heavy atom. The third kappa shape index (κ3) is 1.90. The average Bonchev–Trinajstić information content (AvgIpc) is 2.09. The number of β-amino-alcohol motifs (C(OH)–C–C–N with tert-alkyl or cyclic N) is 1. The molecule has 0 atom stereocenters. The van der Waals surface area contributed by atoms with E-state index in [1.807, 2.05) is 0 Å². The molecule has 0 spiro atoms. The van der Waals surface area contributed by atoms with Crippen LogP contribution < -0.4 is 5.32 Å². The molecule has 0 amide bonds. The van der Waals surface area contributed by atoms with Crippen LogP contribution in [-0.2, 0) is 6.42 Å². The fraction of sp³-hybridized carbons (Fsp3) is 0.400. The Balaban J connectivity index is 2.19. The van der Waals surface area contributed by atoms with E-state index in [2.05, 4.69) is 5.32 Å². The Morgan fingerprint density at radius 3 is 2.79 bits per heavy atom. The quantitative estimate of drug-likeness (QED) is 0.781. The molecule has 1 heterocycles. The van der Waals surface area contributed by atoms with Gasteiger partial charge in [-0.25, -0.2) is 4.39 Å². The first-order valence-electron chi connectivity index (χ1n) is 4.46. The van der Waals surface area contributed by atoms with Gasteiger partial charge >= 0.3 is 0 Å². The average molecular weight is 216 g/mol. The van der Waals surface area contributed by atoms with E-state index in [9.17, 15) is 9.50 Å². The minimum atomic E-state index is -0.800. The Bertz CT molecular complexity index is 352. The van der Waals surface area contributed by atoms with Gasteiger partial charge in [0.2, 0.25) is 0 Å². The highest BCUT2D eigenvalue weighted by Crippen LogP contribution is 2.22. The first-order valence-corrected chi connectivity index (χ1v) is 4.84. The Hall–Kier alpha value is -0.640. The van der Waals surface area contributed by atoms with Crippen LogP contribution >= 0.6 is 11.6 Å². The second kappa shape index (κ2) is 3.50. The van der Waals surface area contributed by atoms with Crippen LogP contribution in [0.4, 0.5) is 4.39 Å². The molecule has 2 rings (SSSR count). The highest BCUT2D eigenvalue weighted by molar-refractivity contribution is 6.30. The van der Waals surface area contributed by atoms with E-state index in [4.69, 9.17) is 11.6 Å². The first kappa shape index (κ1) is 9.90. The van der Waals surface area contributed by atoms with Crippen LogP contribution in [0.1, 0.15) is 5.56 Å². The molecule has 1 fully saturated rings.